The van der Waals surface area contributed by atoms with Crippen molar-refractivity contribution < 1.29 is 22.1 Å². The summed E-state index contributed by atoms with van der Waals surface area (Å²) in [5, 5.41) is 9.15. The third kappa shape index (κ3) is 4.14. The van der Waals surface area contributed by atoms with E-state index < -0.39 is 28.3 Å². The Labute approximate surface area is 173 Å². The summed E-state index contributed by atoms with van der Waals surface area (Å²) < 4.78 is 58.8. The summed E-state index contributed by atoms with van der Waals surface area (Å²) in [5.41, 5.74) is -1.45. The summed E-state index contributed by atoms with van der Waals surface area (Å²) in [7, 11) is 0.148. The Kier molecular flexibility index (Phi) is 5.56. The molecule has 1 atom stereocenters. The van der Waals surface area contributed by atoms with Crippen molar-refractivity contribution in [2.24, 2.45) is 7.05 Å². The molecule has 3 heterocycles. The molecule has 0 N–H and O–H groups in total. The van der Waals surface area contributed by atoms with E-state index in [1.807, 2.05) is 6.07 Å². The van der Waals surface area contributed by atoms with Crippen LogP contribution < -0.4 is 4.74 Å². The van der Waals surface area contributed by atoms with Crippen molar-refractivity contribution in [1.29, 1.82) is 5.26 Å². The van der Waals surface area contributed by atoms with Gasteiger partial charge < -0.3 is 9.30 Å². The maximum atomic E-state index is 13.0. The van der Waals surface area contributed by atoms with Crippen LogP contribution in [0.2, 0.25) is 0 Å². The number of pyridine rings is 2. The lowest BCUT2D eigenvalue weighted by Gasteiger charge is -2.19. The SMILES string of the molecule is CC[S@@](=O)c1cc(OC(C)(C)C#N)cnc1-c1nc2cc(C(F)(F)F)ncc2n1C. The van der Waals surface area contributed by atoms with Crippen LogP contribution in [0.15, 0.2) is 29.4 Å². The fourth-order valence-electron chi connectivity index (χ4n) is 2.75. The molecule has 0 aliphatic heterocycles. The van der Waals surface area contributed by atoms with Gasteiger partial charge in [0, 0.05) is 18.9 Å². The minimum absolute atomic E-state index is 0.0933. The van der Waals surface area contributed by atoms with E-state index in [1.165, 1.54) is 12.3 Å². The Balaban J connectivity index is 2.17. The summed E-state index contributed by atoms with van der Waals surface area (Å²) in [5.74, 6) is 0.777. The van der Waals surface area contributed by atoms with E-state index in [1.54, 1.807) is 32.4 Å². The molecule has 0 unspecified atom stereocenters. The zero-order chi connectivity index (χ0) is 22.3. The Bertz CT molecular complexity index is 1180. The molecule has 0 aliphatic carbocycles. The van der Waals surface area contributed by atoms with Crippen LogP contribution in [0.5, 0.6) is 5.75 Å². The quantitative estimate of drug-likeness (QED) is 0.602. The average Bonchev–Trinajstić information content (AvgIpc) is 3.02. The molecule has 30 heavy (non-hydrogen) atoms. The van der Waals surface area contributed by atoms with Gasteiger partial charge in [0.25, 0.3) is 0 Å². The molecule has 0 bridgehead atoms. The highest BCUT2D eigenvalue weighted by Crippen LogP contribution is 2.33. The van der Waals surface area contributed by atoms with Gasteiger partial charge in [0.1, 0.15) is 23.2 Å². The number of nitriles is 1. The van der Waals surface area contributed by atoms with E-state index in [2.05, 4.69) is 15.0 Å². The molecule has 11 heteroatoms. The topological polar surface area (TPSA) is 93.7 Å². The first-order valence-electron chi connectivity index (χ1n) is 8.85. The summed E-state index contributed by atoms with van der Waals surface area (Å²) in [6.45, 7) is 4.88. The first-order valence-corrected chi connectivity index (χ1v) is 10.2. The van der Waals surface area contributed by atoms with E-state index in [0.29, 0.717) is 10.4 Å². The van der Waals surface area contributed by atoms with E-state index >= 15 is 0 Å². The molecule has 0 saturated carbocycles. The lowest BCUT2D eigenvalue weighted by Crippen LogP contribution is -2.25. The number of imidazole rings is 1. The molecular weight excluding hydrogens is 419 g/mol. The number of alkyl halides is 3. The minimum Gasteiger partial charge on any atom is -0.471 e. The molecule has 0 radical (unpaired) electrons. The van der Waals surface area contributed by atoms with Crippen LogP contribution in [0.3, 0.4) is 0 Å². The second kappa shape index (κ2) is 7.68. The van der Waals surface area contributed by atoms with Gasteiger partial charge in [0.2, 0.25) is 0 Å². The number of fused-ring (bicyclic) bond motifs is 1. The molecule has 3 aromatic heterocycles. The van der Waals surface area contributed by atoms with Crippen molar-refractivity contribution in [2.75, 3.05) is 5.75 Å². The molecule has 0 amide bonds. The second-order valence-electron chi connectivity index (χ2n) is 6.93. The van der Waals surface area contributed by atoms with Crippen molar-refractivity contribution in [1.82, 2.24) is 19.5 Å². The molecule has 0 aromatic carbocycles. The number of aromatic nitrogens is 4. The highest BCUT2D eigenvalue weighted by atomic mass is 32.2. The van der Waals surface area contributed by atoms with Crippen LogP contribution >= 0.6 is 0 Å². The van der Waals surface area contributed by atoms with E-state index in [-0.39, 0.29) is 28.5 Å². The Morgan fingerprint density at radius 1 is 1.23 bits per heavy atom. The molecular formula is C19H18F3N5O2S. The van der Waals surface area contributed by atoms with Crippen LogP contribution in [0.1, 0.15) is 26.5 Å². The second-order valence-corrected chi connectivity index (χ2v) is 8.63. The first-order chi connectivity index (χ1) is 14.0. The van der Waals surface area contributed by atoms with Crippen molar-refractivity contribution in [3.05, 3.63) is 30.2 Å². The van der Waals surface area contributed by atoms with Crippen molar-refractivity contribution in [2.45, 2.75) is 37.4 Å². The number of halogens is 3. The van der Waals surface area contributed by atoms with E-state index in [4.69, 9.17) is 10.00 Å². The Morgan fingerprint density at radius 3 is 2.53 bits per heavy atom. The van der Waals surface area contributed by atoms with Crippen LogP contribution in [0, 0.1) is 11.3 Å². The number of ether oxygens (including phenoxy) is 1. The molecule has 0 fully saturated rings. The predicted molar refractivity (Wildman–Crippen MR) is 104 cm³/mol. The first kappa shape index (κ1) is 21.7. The third-order valence-corrected chi connectivity index (χ3v) is 5.57. The number of hydrogen-bond acceptors (Lipinski definition) is 6. The fraction of sp³-hybridized carbons (Fsp3) is 0.368. The Hall–Kier alpha value is -3.00. The number of hydrogen-bond donors (Lipinski definition) is 0. The lowest BCUT2D eigenvalue weighted by molar-refractivity contribution is -0.141. The normalized spacial score (nSPS) is 13.3. The number of aryl methyl sites for hydroxylation is 1. The third-order valence-electron chi connectivity index (χ3n) is 4.25. The van der Waals surface area contributed by atoms with Crippen LogP contribution in [-0.2, 0) is 24.0 Å². The number of nitrogens with zero attached hydrogens (tertiary/aromatic N) is 5. The molecule has 0 aliphatic rings. The zero-order valence-corrected chi connectivity index (χ0v) is 17.4. The molecule has 0 spiro atoms. The van der Waals surface area contributed by atoms with E-state index in [9.17, 15) is 17.4 Å². The Morgan fingerprint density at radius 2 is 1.93 bits per heavy atom. The van der Waals surface area contributed by atoms with Gasteiger partial charge in [-0.3, -0.25) is 4.21 Å². The van der Waals surface area contributed by atoms with E-state index in [0.717, 1.165) is 12.3 Å². The van der Waals surface area contributed by atoms with Crippen molar-refractivity contribution in [3.63, 3.8) is 0 Å². The average molecular weight is 437 g/mol. The fourth-order valence-corrected chi connectivity index (χ4v) is 3.67. The summed E-state index contributed by atoms with van der Waals surface area (Å²) in [6, 6.07) is 4.38. The van der Waals surface area contributed by atoms with Crippen LogP contribution in [-0.4, -0.2) is 35.1 Å². The van der Waals surface area contributed by atoms with Gasteiger partial charge in [-0.2, -0.15) is 18.4 Å². The standard InChI is InChI=1S/C19H18F3N5O2S/c1-5-30(28)14-6-11(29-18(2,3)10-23)8-25-16(14)17-26-12-7-15(19(20,21)22)24-9-13(12)27(17)4/h6-9H,5H2,1-4H3/t30-/m1/s1. The zero-order valence-electron chi connectivity index (χ0n) is 16.6. The molecule has 7 nitrogen and oxygen atoms in total. The summed E-state index contributed by atoms with van der Waals surface area (Å²) in [6.07, 6.45) is -2.13. The monoisotopic (exact) mass is 437 g/mol. The van der Waals surface area contributed by atoms with Gasteiger partial charge in [0.05, 0.1) is 39.1 Å². The maximum absolute atomic E-state index is 13.0. The lowest BCUT2D eigenvalue weighted by atomic mass is 10.2. The molecule has 158 valence electrons. The maximum Gasteiger partial charge on any atom is 0.433 e. The summed E-state index contributed by atoms with van der Waals surface area (Å²) >= 11 is 0. The molecule has 3 rings (SSSR count). The van der Waals surface area contributed by atoms with Gasteiger partial charge in [-0.15, -0.1) is 0 Å². The van der Waals surface area contributed by atoms with Gasteiger partial charge in [-0.05, 0) is 19.9 Å². The highest BCUT2D eigenvalue weighted by molar-refractivity contribution is 7.85. The van der Waals surface area contributed by atoms with Gasteiger partial charge in [-0.25, -0.2) is 15.0 Å². The molecule has 3 aromatic rings. The van der Waals surface area contributed by atoms with Crippen LogP contribution in [0.25, 0.3) is 22.6 Å². The van der Waals surface area contributed by atoms with Crippen molar-refractivity contribution in [3.8, 4) is 23.3 Å². The number of rotatable bonds is 5. The van der Waals surface area contributed by atoms with Gasteiger partial charge in [0.15, 0.2) is 11.4 Å². The summed E-state index contributed by atoms with van der Waals surface area (Å²) in [4.78, 5) is 12.4. The van der Waals surface area contributed by atoms with Crippen molar-refractivity contribution >= 4 is 21.8 Å². The molecule has 0 saturated heterocycles. The smallest absolute Gasteiger partial charge is 0.433 e. The predicted octanol–water partition coefficient (Wildman–Crippen LogP) is 3.86. The minimum atomic E-state index is -4.59. The van der Waals surface area contributed by atoms with Gasteiger partial charge in [-0.1, -0.05) is 6.92 Å². The highest BCUT2D eigenvalue weighted by Gasteiger charge is 2.33. The van der Waals surface area contributed by atoms with Gasteiger partial charge >= 0.3 is 6.18 Å². The van der Waals surface area contributed by atoms with Crippen LogP contribution in [0.4, 0.5) is 13.2 Å². The largest absolute Gasteiger partial charge is 0.471 e.